The van der Waals surface area contributed by atoms with Gasteiger partial charge in [0.1, 0.15) is 0 Å². The Labute approximate surface area is 198 Å². The highest BCUT2D eigenvalue weighted by atomic mass is 15.1. The average Bonchev–Trinajstić information content (AvgIpc) is 2.88. The van der Waals surface area contributed by atoms with Crippen LogP contribution in [0.2, 0.25) is 0 Å². The molecule has 0 radical (unpaired) electrons. The van der Waals surface area contributed by atoms with E-state index in [0.29, 0.717) is 0 Å². The summed E-state index contributed by atoms with van der Waals surface area (Å²) in [6, 6.07) is 35.8. The summed E-state index contributed by atoms with van der Waals surface area (Å²) in [5.41, 5.74) is 10.1. The molecule has 1 saturated carbocycles. The van der Waals surface area contributed by atoms with E-state index in [0.717, 1.165) is 5.92 Å². The first-order chi connectivity index (χ1) is 16.2. The van der Waals surface area contributed by atoms with Crippen LogP contribution >= 0.6 is 0 Å². The van der Waals surface area contributed by atoms with Gasteiger partial charge in [0.05, 0.1) is 0 Å². The fraction of sp³-hybridized carbons (Fsp3) is 0.250. The van der Waals surface area contributed by atoms with Gasteiger partial charge in [-0.15, -0.1) is 0 Å². The molecule has 0 unspecified atom stereocenters. The van der Waals surface area contributed by atoms with Gasteiger partial charge in [0, 0.05) is 17.1 Å². The predicted molar refractivity (Wildman–Crippen MR) is 142 cm³/mol. The molecule has 1 nitrogen and oxygen atoms in total. The number of anilines is 3. The van der Waals surface area contributed by atoms with Gasteiger partial charge < -0.3 is 4.90 Å². The van der Waals surface area contributed by atoms with E-state index in [1.165, 1.54) is 77.0 Å². The Morgan fingerprint density at radius 2 is 0.879 bits per heavy atom. The lowest BCUT2D eigenvalue weighted by Gasteiger charge is -2.26. The van der Waals surface area contributed by atoms with Gasteiger partial charge in [-0.2, -0.15) is 0 Å². The molecule has 33 heavy (non-hydrogen) atoms. The topological polar surface area (TPSA) is 3.24 Å². The maximum absolute atomic E-state index is 2.35. The van der Waals surface area contributed by atoms with Crippen LogP contribution in [-0.4, -0.2) is 0 Å². The minimum absolute atomic E-state index is 0.757. The molecule has 4 aromatic carbocycles. The molecule has 166 valence electrons. The quantitative estimate of drug-likeness (QED) is 0.304. The fourth-order valence-electron chi connectivity index (χ4n) is 5.02. The van der Waals surface area contributed by atoms with Crippen molar-refractivity contribution in [3.05, 3.63) is 114 Å². The van der Waals surface area contributed by atoms with E-state index in [4.69, 9.17) is 0 Å². The molecule has 0 aliphatic heterocycles. The van der Waals surface area contributed by atoms with Gasteiger partial charge in [0.2, 0.25) is 0 Å². The minimum atomic E-state index is 0.757. The number of aryl methyl sites for hydroxylation is 2. The zero-order valence-electron chi connectivity index (χ0n) is 19.8. The molecule has 0 heterocycles. The van der Waals surface area contributed by atoms with Crippen molar-refractivity contribution in [1.82, 2.24) is 0 Å². The second-order valence-electron chi connectivity index (χ2n) is 9.51. The Bertz CT molecular complexity index is 1120. The van der Waals surface area contributed by atoms with Gasteiger partial charge in [-0.25, -0.2) is 0 Å². The van der Waals surface area contributed by atoms with Gasteiger partial charge in [0.25, 0.3) is 0 Å². The molecular formula is C32H33N. The number of rotatable bonds is 5. The molecule has 0 amide bonds. The highest BCUT2D eigenvalue weighted by Crippen LogP contribution is 2.37. The molecule has 0 aromatic heterocycles. The van der Waals surface area contributed by atoms with E-state index < -0.39 is 0 Å². The van der Waals surface area contributed by atoms with Crippen LogP contribution in [0, 0.1) is 13.8 Å². The van der Waals surface area contributed by atoms with E-state index in [2.05, 4.69) is 116 Å². The van der Waals surface area contributed by atoms with Crippen molar-refractivity contribution in [2.75, 3.05) is 4.90 Å². The first kappa shape index (κ1) is 21.5. The molecule has 1 fully saturated rings. The molecule has 0 spiro atoms. The van der Waals surface area contributed by atoms with Gasteiger partial charge in [-0.3, -0.25) is 0 Å². The second-order valence-corrected chi connectivity index (χ2v) is 9.51. The van der Waals surface area contributed by atoms with Gasteiger partial charge in [-0.05, 0) is 85.7 Å². The molecule has 1 aliphatic rings. The van der Waals surface area contributed by atoms with Crippen molar-refractivity contribution in [3.63, 3.8) is 0 Å². The molecule has 0 saturated heterocycles. The highest BCUT2D eigenvalue weighted by Gasteiger charge is 2.16. The van der Waals surface area contributed by atoms with Gasteiger partial charge in [0.15, 0.2) is 0 Å². The smallest absolute Gasteiger partial charge is 0.0462 e. The summed E-state index contributed by atoms with van der Waals surface area (Å²) in [6.45, 7) is 4.27. The van der Waals surface area contributed by atoms with Crippen LogP contribution in [0.1, 0.15) is 54.7 Å². The molecular weight excluding hydrogens is 398 g/mol. The molecule has 1 aliphatic carbocycles. The third-order valence-corrected chi connectivity index (χ3v) is 7.03. The highest BCUT2D eigenvalue weighted by molar-refractivity contribution is 5.78. The lowest BCUT2D eigenvalue weighted by atomic mass is 9.84. The van der Waals surface area contributed by atoms with Gasteiger partial charge in [-0.1, -0.05) is 91.1 Å². The van der Waals surface area contributed by atoms with E-state index in [1.54, 1.807) is 0 Å². The summed E-state index contributed by atoms with van der Waals surface area (Å²) in [5, 5.41) is 0. The SMILES string of the molecule is Cc1ccc(N(c2ccc(C)cc2)c2ccc(-c3ccc(C4CCCCC4)cc3)cc2)cc1. The Morgan fingerprint density at radius 1 is 0.485 bits per heavy atom. The number of hydrogen-bond acceptors (Lipinski definition) is 1. The number of hydrogen-bond donors (Lipinski definition) is 0. The van der Waals surface area contributed by atoms with E-state index in [1.807, 2.05) is 0 Å². The third-order valence-electron chi connectivity index (χ3n) is 7.03. The van der Waals surface area contributed by atoms with Gasteiger partial charge >= 0.3 is 0 Å². The molecule has 0 bridgehead atoms. The minimum Gasteiger partial charge on any atom is -0.311 e. The largest absolute Gasteiger partial charge is 0.311 e. The maximum Gasteiger partial charge on any atom is 0.0462 e. The zero-order chi connectivity index (χ0) is 22.6. The van der Waals surface area contributed by atoms with Crippen molar-refractivity contribution in [1.29, 1.82) is 0 Å². The van der Waals surface area contributed by atoms with E-state index in [9.17, 15) is 0 Å². The summed E-state index contributed by atoms with van der Waals surface area (Å²) in [6.07, 6.45) is 6.87. The Morgan fingerprint density at radius 3 is 1.33 bits per heavy atom. The van der Waals surface area contributed by atoms with Crippen molar-refractivity contribution in [2.24, 2.45) is 0 Å². The third kappa shape index (κ3) is 4.88. The van der Waals surface area contributed by atoms with Crippen LogP contribution < -0.4 is 4.90 Å². The van der Waals surface area contributed by atoms with E-state index in [-0.39, 0.29) is 0 Å². The van der Waals surface area contributed by atoms with Crippen molar-refractivity contribution >= 4 is 17.1 Å². The monoisotopic (exact) mass is 431 g/mol. The molecule has 0 atom stereocenters. The summed E-state index contributed by atoms with van der Waals surface area (Å²) in [7, 11) is 0. The Balaban J connectivity index is 1.43. The molecule has 0 N–H and O–H groups in total. The summed E-state index contributed by atoms with van der Waals surface area (Å²) >= 11 is 0. The Hall–Kier alpha value is -3.32. The predicted octanol–water partition coefficient (Wildman–Crippen LogP) is 9.49. The number of nitrogens with zero attached hydrogens (tertiary/aromatic N) is 1. The van der Waals surface area contributed by atoms with Crippen LogP contribution in [0.15, 0.2) is 97.1 Å². The van der Waals surface area contributed by atoms with Crippen LogP contribution in [0.25, 0.3) is 11.1 Å². The lowest BCUT2D eigenvalue weighted by Crippen LogP contribution is -2.09. The molecule has 1 heteroatoms. The summed E-state index contributed by atoms with van der Waals surface area (Å²) < 4.78 is 0. The first-order valence-corrected chi connectivity index (χ1v) is 12.3. The normalized spacial score (nSPS) is 14.2. The fourth-order valence-corrected chi connectivity index (χ4v) is 5.02. The van der Waals surface area contributed by atoms with Crippen molar-refractivity contribution in [3.8, 4) is 11.1 Å². The maximum atomic E-state index is 2.35. The zero-order valence-corrected chi connectivity index (χ0v) is 19.8. The first-order valence-electron chi connectivity index (χ1n) is 12.3. The molecule has 5 rings (SSSR count). The van der Waals surface area contributed by atoms with Crippen LogP contribution in [-0.2, 0) is 0 Å². The second kappa shape index (κ2) is 9.67. The lowest BCUT2D eigenvalue weighted by molar-refractivity contribution is 0.443. The summed E-state index contributed by atoms with van der Waals surface area (Å²) in [4.78, 5) is 2.33. The standard InChI is InChI=1S/C32H33N/c1-24-8-18-30(19-9-24)33(31-20-10-25(2)11-21-31)32-22-16-29(17-23-32)28-14-12-27(13-15-28)26-6-4-3-5-7-26/h8-23,26H,3-7H2,1-2H3. The van der Waals surface area contributed by atoms with E-state index >= 15 is 0 Å². The average molecular weight is 432 g/mol. The Kier molecular flexibility index (Phi) is 6.30. The van der Waals surface area contributed by atoms with Crippen LogP contribution in [0.3, 0.4) is 0 Å². The van der Waals surface area contributed by atoms with Crippen molar-refractivity contribution in [2.45, 2.75) is 51.9 Å². The van der Waals surface area contributed by atoms with Crippen LogP contribution in [0.4, 0.5) is 17.1 Å². The van der Waals surface area contributed by atoms with Crippen molar-refractivity contribution < 1.29 is 0 Å². The summed E-state index contributed by atoms with van der Waals surface area (Å²) in [5.74, 6) is 0.757. The number of benzene rings is 4. The molecule has 4 aromatic rings. The van der Waals surface area contributed by atoms with Crippen LogP contribution in [0.5, 0.6) is 0 Å².